The monoisotopic (exact) mass is 282 g/mol. The molecule has 0 saturated carbocycles. The van der Waals surface area contributed by atoms with E-state index in [2.05, 4.69) is 10.3 Å². The number of nitrogens with zero attached hydrogens (tertiary/aromatic N) is 1. The fourth-order valence-electron chi connectivity index (χ4n) is 1.24. The lowest BCUT2D eigenvalue weighted by Crippen LogP contribution is -2.35. The van der Waals surface area contributed by atoms with Gasteiger partial charge >= 0.3 is 6.18 Å². The summed E-state index contributed by atoms with van der Waals surface area (Å²) in [5, 5.41) is 2.33. The summed E-state index contributed by atoms with van der Waals surface area (Å²) in [7, 11) is 1.44. The highest BCUT2D eigenvalue weighted by Gasteiger charge is 2.36. The van der Waals surface area contributed by atoms with Crippen LogP contribution in [0.4, 0.5) is 13.2 Å². The van der Waals surface area contributed by atoms with Gasteiger partial charge in [0.15, 0.2) is 5.01 Å². The van der Waals surface area contributed by atoms with Gasteiger partial charge in [-0.3, -0.25) is 0 Å². The van der Waals surface area contributed by atoms with Crippen molar-refractivity contribution >= 4 is 11.3 Å². The van der Waals surface area contributed by atoms with Crippen LogP contribution >= 0.6 is 11.3 Å². The van der Waals surface area contributed by atoms with Crippen LogP contribution in [0, 0.1) is 0 Å². The molecule has 104 valence electrons. The average molecular weight is 282 g/mol. The molecule has 0 aliphatic carbocycles. The van der Waals surface area contributed by atoms with Crippen LogP contribution in [-0.4, -0.2) is 17.6 Å². The first-order valence-corrected chi connectivity index (χ1v) is 6.25. The third-order valence-corrected chi connectivity index (χ3v) is 3.22. The largest absolute Gasteiger partial charge is 0.443 e. The predicted molar refractivity (Wildman–Crippen MR) is 64.4 cm³/mol. The van der Waals surface area contributed by atoms with E-state index >= 15 is 0 Å². The van der Waals surface area contributed by atoms with Crippen molar-refractivity contribution in [3.63, 3.8) is 0 Å². The highest BCUT2D eigenvalue weighted by Crippen LogP contribution is 2.34. The molecule has 1 rings (SSSR count). The lowest BCUT2D eigenvalue weighted by Gasteiger charge is -2.20. The summed E-state index contributed by atoms with van der Waals surface area (Å²) in [5.41, 5.74) is 0.193. The molecule has 1 aromatic rings. The molecule has 0 bridgehead atoms. The number of hydrogen-bond donors (Lipinski definition) is 1. The minimum atomic E-state index is -4.40. The summed E-state index contributed by atoms with van der Waals surface area (Å²) in [4.78, 5) is 4.17. The summed E-state index contributed by atoms with van der Waals surface area (Å²) < 4.78 is 42.6. The first-order chi connectivity index (χ1) is 8.13. The van der Waals surface area contributed by atoms with Crippen LogP contribution in [0.15, 0.2) is 0 Å². The Balaban J connectivity index is 2.91. The number of halogens is 3. The Hall–Kier alpha value is -0.660. The highest BCUT2D eigenvalue weighted by molar-refractivity contribution is 7.11. The van der Waals surface area contributed by atoms with Crippen molar-refractivity contribution in [2.24, 2.45) is 0 Å². The normalized spacial score (nSPS) is 13.1. The Morgan fingerprint density at radius 2 is 1.89 bits per heavy atom. The molecule has 1 N–H and O–H groups in total. The Labute approximate surface area is 108 Å². The van der Waals surface area contributed by atoms with Gasteiger partial charge in [0, 0.05) is 24.1 Å². The molecular formula is C11H17F3N2OS. The molecule has 0 saturated heterocycles. The molecule has 0 unspecified atom stereocenters. The first kappa shape index (κ1) is 15.4. The fraction of sp³-hybridized carbons (Fsp3) is 0.727. The van der Waals surface area contributed by atoms with Crippen molar-refractivity contribution in [1.82, 2.24) is 10.3 Å². The molecule has 0 aliphatic heterocycles. The van der Waals surface area contributed by atoms with Crippen LogP contribution in [0.5, 0.6) is 0 Å². The molecule has 7 heteroatoms. The zero-order valence-corrected chi connectivity index (χ0v) is 11.6. The van der Waals surface area contributed by atoms with E-state index in [0.717, 1.165) is 0 Å². The molecule has 0 aromatic carbocycles. The van der Waals surface area contributed by atoms with Crippen LogP contribution in [0.1, 0.15) is 36.3 Å². The molecule has 3 nitrogen and oxygen atoms in total. The van der Waals surface area contributed by atoms with E-state index in [1.807, 2.05) is 20.8 Å². The zero-order valence-electron chi connectivity index (χ0n) is 10.8. The van der Waals surface area contributed by atoms with Crippen LogP contribution < -0.4 is 5.32 Å². The Morgan fingerprint density at radius 1 is 1.28 bits per heavy atom. The van der Waals surface area contributed by atoms with Crippen molar-refractivity contribution in [3.05, 3.63) is 15.6 Å². The second kappa shape index (κ2) is 5.54. The summed E-state index contributed by atoms with van der Waals surface area (Å²) in [6.07, 6.45) is -4.40. The van der Waals surface area contributed by atoms with Gasteiger partial charge in [-0.05, 0) is 20.8 Å². The third-order valence-electron chi connectivity index (χ3n) is 2.08. The van der Waals surface area contributed by atoms with Gasteiger partial charge in [0.05, 0.1) is 12.3 Å². The number of methoxy groups -OCH3 is 1. The number of nitrogens with one attached hydrogen (secondary N) is 1. The molecule has 0 aliphatic rings. The SMILES string of the molecule is COCc1nc(C(F)(F)F)sc1CNC(C)(C)C. The van der Waals surface area contributed by atoms with Gasteiger partial charge in [0.1, 0.15) is 0 Å². The second-order valence-electron chi connectivity index (χ2n) is 4.92. The van der Waals surface area contributed by atoms with E-state index in [1.165, 1.54) is 7.11 Å². The molecule has 0 amide bonds. The van der Waals surface area contributed by atoms with Gasteiger partial charge in [-0.2, -0.15) is 13.2 Å². The number of thiazole rings is 1. The minimum Gasteiger partial charge on any atom is -0.378 e. The van der Waals surface area contributed by atoms with Gasteiger partial charge in [0.25, 0.3) is 0 Å². The third kappa shape index (κ3) is 4.55. The van der Waals surface area contributed by atoms with Crippen LogP contribution in [0.25, 0.3) is 0 Å². The average Bonchev–Trinajstić information content (AvgIpc) is 2.57. The fourth-order valence-corrected chi connectivity index (χ4v) is 2.11. The molecular weight excluding hydrogens is 265 g/mol. The van der Waals surface area contributed by atoms with Crippen LogP contribution in [0.3, 0.4) is 0 Å². The Bertz CT molecular complexity index is 396. The molecule has 1 heterocycles. The highest BCUT2D eigenvalue weighted by atomic mass is 32.1. The Morgan fingerprint density at radius 3 is 2.33 bits per heavy atom. The van der Waals surface area contributed by atoms with Crippen molar-refractivity contribution in [3.8, 4) is 0 Å². The number of rotatable bonds is 4. The maximum atomic E-state index is 12.6. The number of alkyl halides is 3. The van der Waals surface area contributed by atoms with Crippen molar-refractivity contribution in [2.45, 2.75) is 45.6 Å². The minimum absolute atomic E-state index is 0.0910. The molecule has 0 fully saturated rings. The second-order valence-corrected chi connectivity index (χ2v) is 6.01. The van der Waals surface area contributed by atoms with Crippen molar-refractivity contribution < 1.29 is 17.9 Å². The summed E-state index contributed by atoms with van der Waals surface area (Å²) >= 11 is 0.668. The van der Waals surface area contributed by atoms with Gasteiger partial charge < -0.3 is 10.1 Å². The summed E-state index contributed by atoms with van der Waals surface area (Å²) in [6, 6.07) is 0. The number of ether oxygens (including phenoxy) is 1. The number of aromatic nitrogens is 1. The standard InChI is InChI=1S/C11H17F3N2OS/c1-10(2,3)15-5-8-7(6-17-4)16-9(18-8)11(12,13)14/h15H,5-6H2,1-4H3. The van der Waals surface area contributed by atoms with Crippen LogP contribution in [0.2, 0.25) is 0 Å². The van der Waals surface area contributed by atoms with Gasteiger partial charge in [-0.15, -0.1) is 11.3 Å². The van der Waals surface area contributed by atoms with E-state index in [1.54, 1.807) is 0 Å². The van der Waals surface area contributed by atoms with Gasteiger partial charge in [-0.25, -0.2) is 4.98 Å². The van der Waals surface area contributed by atoms with Gasteiger partial charge in [0.2, 0.25) is 0 Å². The van der Waals surface area contributed by atoms with E-state index < -0.39 is 11.2 Å². The molecule has 0 radical (unpaired) electrons. The maximum absolute atomic E-state index is 12.6. The van der Waals surface area contributed by atoms with Crippen molar-refractivity contribution in [2.75, 3.05) is 7.11 Å². The van der Waals surface area contributed by atoms with E-state index in [0.29, 0.717) is 28.5 Å². The smallest absolute Gasteiger partial charge is 0.378 e. The first-order valence-electron chi connectivity index (χ1n) is 5.43. The lowest BCUT2D eigenvalue weighted by molar-refractivity contribution is -0.137. The summed E-state index contributed by atoms with van der Waals surface area (Å²) in [5.74, 6) is 0. The molecule has 1 aromatic heterocycles. The molecule has 18 heavy (non-hydrogen) atoms. The van der Waals surface area contributed by atoms with E-state index in [-0.39, 0.29) is 12.1 Å². The summed E-state index contributed by atoms with van der Waals surface area (Å²) in [6.45, 7) is 6.31. The number of hydrogen-bond acceptors (Lipinski definition) is 4. The topological polar surface area (TPSA) is 34.1 Å². The lowest BCUT2D eigenvalue weighted by atomic mass is 10.1. The maximum Gasteiger partial charge on any atom is 0.443 e. The van der Waals surface area contributed by atoms with Crippen molar-refractivity contribution in [1.29, 1.82) is 0 Å². The zero-order chi connectivity index (χ0) is 14.0. The van der Waals surface area contributed by atoms with E-state index in [4.69, 9.17) is 4.74 Å². The molecule has 0 atom stereocenters. The molecule has 0 spiro atoms. The quantitative estimate of drug-likeness (QED) is 0.921. The van der Waals surface area contributed by atoms with Gasteiger partial charge in [-0.1, -0.05) is 0 Å². The predicted octanol–water partition coefficient (Wildman–Crippen LogP) is 3.20. The van der Waals surface area contributed by atoms with Crippen LogP contribution in [-0.2, 0) is 24.1 Å². The van der Waals surface area contributed by atoms with E-state index in [9.17, 15) is 13.2 Å². The Kier molecular flexibility index (Phi) is 4.74.